The molecule has 2 fully saturated rings. The van der Waals surface area contributed by atoms with Crippen molar-refractivity contribution in [2.24, 2.45) is 17.8 Å². The second-order valence-electron chi connectivity index (χ2n) is 9.22. The number of hydrogen-bond acceptors (Lipinski definition) is 6. The zero-order valence-electron chi connectivity index (χ0n) is 19.4. The third-order valence-electron chi connectivity index (χ3n) is 6.80. The normalized spacial score (nSPS) is 21.6. The number of hydrogen-bond donors (Lipinski definition) is 0. The van der Waals surface area contributed by atoms with Gasteiger partial charge in [0, 0.05) is 55.7 Å². The maximum Gasteiger partial charge on any atom is 0.408 e. The van der Waals surface area contributed by atoms with E-state index in [0.29, 0.717) is 34.9 Å². The third kappa shape index (κ3) is 5.36. The lowest BCUT2D eigenvalue weighted by atomic mass is 9.82. The van der Waals surface area contributed by atoms with E-state index in [1.54, 1.807) is 13.3 Å². The highest BCUT2D eigenvalue weighted by Gasteiger charge is 2.43. The zero-order chi connectivity index (χ0) is 25.4. The average molecular weight is 509 g/mol. The summed E-state index contributed by atoms with van der Waals surface area (Å²) < 4.78 is 77.8. The molecule has 1 aliphatic heterocycles. The minimum atomic E-state index is -4.58. The molecule has 0 radical (unpaired) electrons. The molecule has 1 aromatic carbocycles. The molecule has 192 valence electrons. The van der Waals surface area contributed by atoms with Crippen molar-refractivity contribution in [3.05, 3.63) is 54.0 Å². The number of rotatable bonds is 7. The smallest absolute Gasteiger partial charge is 0.408 e. The quantitative estimate of drug-likeness (QED) is 0.417. The number of piperidine rings is 1. The van der Waals surface area contributed by atoms with Gasteiger partial charge in [-0.3, -0.25) is 0 Å². The highest BCUT2D eigenvalue weighted by molar-refractivity contribution is 5.49. The summed E-state index contributed by atoms with van der Waals surface area (Å²) in [7, 11) is 1.57. The minimum Gasteiger partial charge on any atom is -0.481 e. The van der Waals surface area contributed by atoms with Crippen LogP contribution < -0.4 is 14.4 Å². The highest BCUT2D eigenvalue weighted by atomic mass is 19.4. The van der Waals surface area contributed by atoms with Gasteiger partial charge in [0.05, 0.1) is 7.11 Å². The monoisotopic (exact) mass is 509 g/mol. The van der Waals surface area contributed by atoms with Gasteiger partial charge in [-0.05, 0) is 36.7 Å². The van der Waals surface area contributed by atoms with E-state index in [0.717, 1.165) is 43.8 Å². The summed E-state index contributed by atoms with van der Waals surface area (Å²) in [4.78, 5) is 10.6. The summed E-state index contributed by atoms with van der Waals surface area (Å²) >= 11 is 0. The molecular formula is C24H24F5N5O2. The fourth-order valence-corrected chi connectivity index (χ4v) is 5.30. The van der Waals surface area contributed by atoms with Gasteiger partial charge in [-0.2, -0.15) is 23.3 Å². The highest BCUT2D eigenvalue weighted by Crippen LogP contribution is 2.44. The molecule has 0 N–H and O–H groups in total. The fraction of sp³-hybridized carbons (Fsp3) is 0.458. The molecule has 2 bridgehead atoms. The topological polar surface area (TPSA) is 65.3 Å². The Balaban J connectivity index is 1.34. The van der Waals surface area contributed by atoms with Gasteiger partial charge < -0.3 is 14.4 Å². The molecule has 1 aliphatic carbocycles. The molecule has 3 aromatic rings. The lowest BCUT2D eigenvalue weighted by molar-refractivity contribution is -0.143. The molecule has 1 saturated carbocycles. The van der Waals surface area contributed by atoms with Crippen molar-refractivity contribution in [1.29, 1.82) is 0 Å². The Labute approximate surface area is 203 Å². The molecule has 0 amide bonds. The molecule has 2 atom stereocenters. The van der Waals surface area contributed by atoms with Crippen LogP contribution in [0.2, 0.25) is 0 Å². The Morgan fingerprint density at radius 3 is 2.36 bits per heavy atom. The van der Waals surface area contributed by atoms with Gasteiger partial charge in [-0.1, -0.05) is 0 Å². The number of pyridine rings is 1. The van der Waals surface area contributed by atoms with Crippen LogP contribution in [0.1, 0.15) is 18.7 Å². The first-order valence-corrected chi connectivity index (χ1v) is 11.6. The maximum atomic E-state index is 13.5. The predicted molar refractivity (Wildman–Crippen MR) is 119 cm³/mol. The number of benzene rings is 1. The summed E-state index contributed by atoms with van der Waals surface area (Å²) in [5.74, 6) is -0.538. The van der Waals surface area contributed by atoms with Crippen LogP contribution in [-0.2, 0) is 13.0 Å². The first-order chi connectivity index (χ1) is 17.2. The summed E-state index contributed by atoms with van der Waals surface area (Å²) in [5.41, 5.74) is 1.02. The van der Waals surface area contributed by atoms with Gasteiger partial charge in [0.2, 0.25) is 5.88 Å². The lowest BCUT2D eigenvalue weighted by Gasteiger charge is -2.39. The van der Waals surface area contributed by atoms with Crippen LogP contribution in [-0.4, -0.2) is 46.1 Å². The van der Waals surface area contributed by atoms with Gasteiger partial charge in [0.1, 0.15) is 23.9 Å². The van der Waals surface area contributed by atoms with Crippen molar-refractivity contribution < 1.29 is 31.4 Å². The van der Waals surface area contributed by atoms with Crippen molar-refractivity contribution in [1.82, 2.24) is 19.7 Å². The lowest BCUT2D eigenvalue weighted by Crippen LogP contribution is -2.42. The van der Waals surface area contributed by atoms with E-state index in [1.807, 2.05) is 12.1 Å². The Bertz CT molecular complexity index is 1200. The molecule has 2 aromatic heterocycles. The molecular weight excluding hydrogens is 485 g/mol. The van der Waals surface area contributed by atoms with Crippen molar-refractivity contribution in [3.8, 4) is 17.6 Å². The summed E-state index contributed by atoms with van der Waals surface area (Å²) in [5, 5.41) is 4.06. The average Bonchev–Trinajstić information content (AvgIpc) is 3.26. The van der Waals surface area contributed by atoms with Crippen molar-refractivity contribution in [2.45, 2.75) is 32.0 Å². The number of aromatic nitrogens is 4. The maximum absolute atomic E-state index is 13.5. The molecule has 2 unspecified atom stereocenters. The zero-order valence-corrected chi connectivity index (χ0v) is 19.4. The van der Waals surface area contributed by atoms with Gasteiger partial charge >= 0.3 is 12.2 Å². The Kier molecular flexibility index (Phi) is 6.44. The van der Waals surface area contributed by atoms with E-state index in [4.69, 9.17) is 9.47 Å². The van der Waals surface area contributed by atoms with Crippen LogP contribution >= 0.6 is 0 Å². The van der Waals surface area contributed by atoms with E-state index in [2.05, 4.69) is 20.0 Å². The van der Waals surface area contributed by atoms with E-state index >= 15 is 0 Å². The second kappa shape index (κ2) is 9.55. The Morgan fingerprint density at radius 1 is 1.03 bits per heavy atom. The molecule has 5 rings (SSSR count). The largest absolute Gasteiger partial charge is 0.481 e. The third-order valence-corrected chi connectivity index (χ3v) is 6.80. The molecule has 12 heteroatoms. The van der Waals surface area contributed by atoms with Crippen molar-refractivity contribution >= 4 is 5.69 Å². The molecule has 3 heterocycles. The minimum absolute atomic E-state index is 0.200. The number of fused-ring (bicyclic) bond motifs is 2. The first-order valence-electron chi connectivity index (χ1n) is 11.6. The van der Waals surface area contributed by atoms with Crippen LogP contribution in [0.25, 0.3) is 0 Å². The number of methoxy groups -OCH3 is 1. The number of alkyl halides is 3. The van der Waals surface area contributed by atoms with Gasteiger partial charge in [0.25, 0.3) is 0 Å². The summed E-state index contributed by atoms with van der Waals surface area (Å²) in [6.07, 6.45) is -0.481. The SMILES string of the molecule is COc1cc(N2CC3CCC(C2)C3Cc2nc(Oc3cc(F)cc(F)c3)n(CC(F)(F)F)n2)ccn1. The van der Waals surface area contributed by atoms with E-state index in [-0.39, 0.29) is 17.5 Å². The van der Waals surface area contributed by atoms with Crippen LogP contribution in [0.3, 0.4) is 0 Å². The molecule has 36 heavy (non-hydrogen) atoms. The molecule has 7 nitrogen and oxygen atoms in total. The van der Waals surface area contributed by atoms with Crippen LogP contribution in [0.5, 0.6) is 17.6 Å². The molecule has 1 saturated heterocycles. The van der Waals surface area contributed by atoms with E-state index in [1.165, 1.54) is 0 Å². The number of halogens is 5. The first kappa shape index (κ1) is 24.3. The summed E-state index contributed by atoms with van der Waals surface area (Å²) in [6.45, 7) is 0.162. The standard InChI is InChI=1S/C24H24F5N5O2/c1-35-22-9-18(4-5-30-22)33-11-14-2-3-15(12-33)20(14)10-21-31-23(34(32-21)13-24(27,28)29)36-19-7-16(25)6-17(26)8-19/h4-9,14-15,20H,2-3,10-13H2,1H3. The fourth-order valence-electron chi connectivity index (χ4n) is 5.30. The van der Waals surface area contributed by atoms with E-state index < -0.39 is 30.4 Å². The van der Waals surface area contributed by atoms with Gasteiger partial charge in [-0.15, -0.1) is 0 Å². The number of nitrogens with zero attached hydrogens (tertiary/aromatic N) is 5. The van der Waals surface area contributed by atoms with Crippen LogP contribution in [0, 0.1) is 29.4 Å². The Hall–Kier alpha value is -3.44. The van der Waals surface area contributed by atoms with E-state index in [9.17, 15) is 22.0 Å². The predicted octanol–water partition coefficient (Wildman–Crippen LogP) is 5.02. The molecule has 2 aliphatic rings. The Morgan fingerprint density at radius 2 is 1.72 bits per heavy atom. The summed E-state index contributed by atoms with van der Waals surface area (Å²) in [6, 6.07) is 5.75. The second-order valence-corrected chi connectivity index (χ2v) is 9.22. The van der Waals surface area contributed by atoms with Crippen LogP contribution in [0.15, 0.2) is 36.5 Å². The van der Waals surface area contributed by atoms with Crippen LogP contribution in [0.4, 0.5) is 27.6 Å². The number of anilines is 1. The van der Waals surface area contributed by atoms with Gasteiger partial charge in [-0.25, -0.2) is 18.4 Å². The number of ether oxygens (including phenoxy) is 2. The van der Waals surface area contributed by atoms with Crippen molar-refractivity contribution in [2.75, 3.05) is 25.1 Å². The molecule has 0 spiro atoms. The van der Waals surface area contributed by atoms with Crippen molar-refractivity contribution in [3.63, 3.8) is 0 Å². The van der Waals surface area contributed by atoms with Gasteiger partial charge in [0.15, 0.2) is 5.82 Å².